The number of likely N-dealkylation sites (N-methyl/N-ethyl adjacent to an activating group) is 1. The third kappa shape index (κ3) is 5.96. The van der Waals surface area contributed by atoms with Crippen LogP contribution in [0.3, 0.4) is 0 Å². The van der Waals surface area contributed by atoms with Crippen molar-refractivity contribution in [1.82, 2.24) is 10.2 Å². The lowest BCUT2D eigenvalue weighted by atomic mass is 10.1. The van der Waals surface area contributed by atoms with Crippen LogP contribution < -0.4 is 10.1 Å². The Morgan fingerprint density at radius 2 is 1.96 bits per heavy atom. The molecule has 5 nitrogen and oxygen atoms in total. The number of amides is 2. The van der Waals surface area contributed by atoms with Gasteiger partial charge in [0.25, 0.3) is 5.91 Å². The fraction of sp³-hybridized carbons (Fsp3) is 0.300. The Kier molecular flexibility index (Phi) is 7.61. The van der Waals surface area contributed by atoms with Gasteiger partial charge in [-0.2, -0.15) is 0 Å². The minimum absolute atomic E-state index is 0.0390. The number of nitrogens with zero attached hydrogens (tertiary/aromatic N) is 1. The van der Waals surface area contributed by atoms with Gasteiger partial charge in [-0.1, -0.05) is 35.9 Å². The second-order valence-corrected chi connectivity index (χ2v) is 6.37. The van der Waals surface area contributed by atoms with Gasteiger partial charge >= 0.3 is 0 Å². The first-order valence-corrected chi connectivity index (χ1v) is 8.99. The van der Waals surface area contributed by atoms with Gasteiger partial charge in [-0.25, -0.2) is 4.39 Å². The fourth-order valence-electron chi connectivity index (χ4n) is 2.50. The lowest BCUT2D eigenvalue weighted by molar-refractivity contribution is -0.142. The van der Waals surface area contributed by atoms with Crippen LogP contribution in [0.1, 0.15) is 19.4 Å². The zero-order valence-electron chi connectivity index (χ0n) is 15.2. The molecular weight excluding hydrogens is 371 g/mol. The van der Waals surface area contributed by atoms with Crippen molar-refractivity contribution in [2.24, 2.45) is 0 Å². The first-order valence-electron chi connectivity index (χ1n) is 8.61. The molecule has 0 spiro atoms. The van der Waals surface area contributed by atoms with E-state index in [4.69, 9.17) is 16.3 Å². The maximum atomic E-state index is 14.0. The summed E-state index contributed by atoms with van der Waals surface area (Å²) in [6.45, 7) is 3.49. The van der Waals surface area contributed by atoms with Crippen molar-refractivity contribution in [3.63, 3.8) is 0 Å². The zero-order valence-corrected chi connectivity index (χ0v) is 16.0. The smallest absolute Gasteiger partial charge is 0.261 e. The lowest BCUT2D eigenvalue weighted by Crippen LogP contribution is -2.49. The van der Waals surface area contributed by atoms with Gasteiger partial charge in [-0.05, 0) is 38.1 Å². The molecule has 0 aliphatic rings. The summed E-state index contributed by atoms with van der Waals surface area (Å²) in [7, 11) is 0. The molecule has 27 heavy (non-hydrogen) atoms. The summed E-state index contributed by atoms with van der Waals surface area (Å²) >= 11 is 5.90. The molecule has 144 valence electrons. The van der Waals surface area contributed by atoms with Gasteiger partial charge in [-0.3, -0.25) is 9.59 Å². The molecule has 0 radical (unpaired) electrons. The lowest BCUT2D eigenvalue weighted by Gasteiger charge is -2.28. The predicted octanol–water partition coefficient (Wildman–Crippen LogP) is 3.41. The average molecular weight is 393 g/mol. The summed E-state index contributed by atoms with van der Waals surface area (Å²) in [5.41, 5.74) is 0.324. The van der Waals surface area contributed by atoms with Gasteiger partial charge in [0.1, 0.15) is 17.6 Å². The molecule has 0 aliphatic carbocycles. The molecule has 0 unspecified atom stereocenters. The summed E-state index contributed by atoms with van der Waals surface area (Å²) in [4.78, 5) is 26.3. The molecule has 0 bridgehead atoms. The van der Waals surface area contributed by atoms with E-state index in [9.17, 15) is 14.0 Å². The number of nitrogens with one attached hydrogen (secondary N) is 1. The maximum absolute atomic E-state index is 14.0. The van der Waals surface area contributed by atoms with Gasteiger partial charge < -0.3 is 15.0 Å². The van der Waals surface area contributed by atoms with Gasteiger partial charge in [0.2, 0.25) is 5.91 Å². The quantitative estimate of drug-likeness (QED) is 0.749. The van der Waals surface area contributed by atoms with E-state index in [1.807, 2.05) is 0 Å². The Morgan fingerprint density at radius 3 is 2.63 bits per heavy atom. The molecule has 2 amide bonds. The van der Waals surface area contributed by atoms with E-state index in [1.165, 1.54) is 11.0 Å². The van der Waals surface area contributed by atoms with E-state index in [2.05, 4.69) is 5.32 Å². The molecule has 0 heterocycles. The molecule has 1 atom stereocenters. The largest absolute Gasteiger partial charge is 0.484 e. The van der Waals surface area contributed by atoms with E-state index in [1.54, 1.807) is 56.3 Å². The van der Waals surface area contributed by atoms with Crippen molar-refractivity contribution in [3.8, 4) is 5.75 Å². The van der Waals surface area contributed by atoms with Crippen LogP contribution in [0.2, 0.25) is 5.02 Å². The van der Waals surface area contributed by atoms with E-state index < -0.39 is 17.8 Å². The van der Waals surface area contributed by atoms with E-state index in [-0.39, 0.29) is 19.1 Å². The van der Waals surface area contributed by atoms with Crippen LogP contribution in [-0.4, -0.2) is 35.9 Å². The Bertz CT molecular complexity index is 800. The normalized spacial score (nSPS) is 11.6. The van der Waals surface area contributed by atoms with Crippen molar-refractivity contribution in [2.75, 3.05) is 13.2 Å². The number of rotatable bonds is 8. The predicted molar refractivity (Wildman–Crippen MR) is 102 cm³/mol. The van der Waals surface area contributed by atoms with Crippen LogP contribution in [0.15, 0.2) is 48.5 Å². The van der Waals surface area contributed by atoms with Crippen molar-refractivity contribution < 1.29 is 18.7 Å². The standard InChI is InChI=1S/C20H22ClFN2O3/c1-3-23-20(26)14(2)24(12-15-7-4-5-10-18(15)22)19(25)13-27-17-9-6-8-16(21)11-17/h4-11,14H,3,12-13H2,1-2H3,(H,23,26)/t14-/m0/s1. The van der Waals surface area contributed by atoms with Crippen LogP contribution >= 0.6 is 11.6 Å². The topological polar surface area (TPSA) is 58.6 Å². The number of ether oxygens (including phenoxy) is 1. The number of hydrogen-bond donors (Lipinski definition) is 1. The Balaban J connectivity index is 2.15. The Morgan fingerprint density at radius 1 is 1.22 bits per heavy atom. The molecular formula is C20H22ClFN2O3. The van der Waals surface area contributed by atoms with Gasteiger partial charge in [0.05, 0.1) is 0 Å². The minimum atomic E-state index is -0.778. The first-order chi connectivity index (χ1) is 12.9. The highest BCUT2D eigenvalue weighted by Gasteiger charge is 2.26. The Labute approximate surface area is 163 Å². The molecule has 7 heteroatoms. The summed E-state index contributed by atoms with van der Waals surface area (Å²) in [5.74, 6) is -0.747. The molecule has 0 aromatic heterocycles. The molecule has 1 N–H and O–H groups in total. The van der Waals surface area contributed by atoms with Crippen molar-refractivity contribution in [2.45, 2.75) is 26.4 Å². The third-order valence-corrected chi connectivity index (χ3v) is 4.21. The summed E-state index contributed by atoms with van der Waals surface area (Å²) < 4.78 is 19.5. The monoisotopic (exact) mass is 392 g/mol. The highest BCUT2D eigenvalue weighted by atomic mass is 35.5. The first kappa shape index (κ1) is 20.7. The third-order valence-electron chi connectivity index (χ3n) is 3.98. The van der Waals surface area contributed by atoms with Crippen LogP contribution in [-0.2, 0) is 16.1 Å². The second-order valence-electron chi connectivity index (χ2n) is 5.93. The molecule has 0 saturated heterocycles. The van der Waals surface area contributed by atoms with Crippen LogP contribution in [0.4, 0.5) is 4.39 Å². The van der Waals surface area contributed by atoms with Crippen LogP contribution in [0.5, 0.6) is 5.75 Å². The van der Waals surface area contributed by atoms with Crippen molar-refractivity contribution in [1.29, 1.82) is 0 Å². The van der Waals surface area contributed by atoms with Gasteiger partial charge in [-0.15, -0.1) is 0 Å². The maximum Gasteiger partial charge on any atom is 0.261 e. The van der Waals surface area contributed by atoms with Crippen LogP contribution in [0.25, 0.3) is 0 Å². The molecule has 2 aromatic carbocycles. The van der Waals surface area contributed by atoms with Crippen molar-refractivity contribution >= 4 is 23.4 Å². The number of carbonyl (C=O) groups excluding carboxylic acids is 2. The SMILES string of the molecule is CCNC(=O)[C@H](C)N(Cc1ccccc1F)C(=O)COc1cccc(Cl)c1. The molecule has 0 aliphatic heterocycles. The number of hydrogen-bond acceptors (Lipinski definition) is 3. The van der Waals surface area contributed by atoms with Crippen LogP contribution in [0, 0.1) is 5.82 Å². The van der Waals surface area contributed by atoms with Gasteiger partial charge in [0, 0.05) is 23.7 Å². The molecule has 2 aromatic rings. The van der Waals surface area contributed by atoms with Gasteiger partial charge in [0.15, 0.2) is 6.61 Å². The minimum Gasteiger partial charge on any atom is -0.484 e. The summed E-state index contributed by atoms with van der Waals surface area (Å²) in [6, 6.07) is 12.0. The average Bonchev–Trinajstić information content (AvgIpc) is 2.65. The summed E-state index contributed by atoms with van der Waals surface area (Å²) in [5, 5.41) is 3.16. The highest BCUT2D eigenvalue weighted by Crippen LogP contribution is 2.18. The number of carbonyl (C=O) groups is 2. The van der Waals surface area contributed by atoms with E-state index in [0.717, 1.165) is 0 Å². The molecule has 0 fully saturated rings. The molecule has 2 rings (SSSR count). The van der Waals surface area contributed by atoms with Crippen molar-refractivity contribution in [3.05, 3.63) is 64.9 Å². The number of benzene rings is 2. The fourth-order valence-corrected chi connectivity index (χ4v) is 2.68. The number of halogens is 2. The van der Waals surface area contributed by atoms with E-state index >= 15 is 0 Å². The second kappa shape index (κ2) is 9.92. The van der Waals surface area contributed by atoms with E-state index in [0.29, 0.717) is 22.9 Å². The summed E-state index contributed by atoms with van der Waals surface area (Å²) in [6.07, 6.45) is 0. The Hall–Kier alpha value is -2.60. The highest BCUT2D eigenvalue weighted by molar-refractivity contribution is 6.30. The molecule has 0 saturated carbocycles. The zero-order chi connectivity index (χ0) is 19.8.